The molecule has 0 saturated carbocycles. The van der Waals surface area contributed by atoms with Gasteiger partial charge < -0.3 is 15.2 Å². The van der Waals surface area contributed by atoms with Gasteiger partial charge in [-0.05, 0) is 25.9 Å². The van der Waals surface area contributed by atoms with Crippen molar-refractivity contribution in [2.45, 2.75) is 39.8 Å². The molecule has 1 amide bonds. The average molecular weight is 362 g/mol. The van der Waals surface area contributed by atoms with Gasteiger partial charge in [-0.3, -0.25) is 14.2 Å². The molecule has 9 heteroatoms. The van der Waals surface area contributed by atoms with Crippen LogP contribution in [-0.2, 0) is 16.9 Å². The van der Waals surface area contributed by atoms with E-state index in [-0.39, 0.29) is 11.6 Å². The Kier molecular flexibility index (Phi) is 4.66. The molecule has 1 atom stereocenters. The van der Waals surface area contributed by atoms with E-state index in [4.69, 9.17) is 4.74 Å². The fourth-order valence-corrected chi connectivity index (χ4v) is 3.20. The summed E-state index contributed by atoms with van der Waals surface area (Å²) < 4.78 is 8.86. The predicted molar refractivity (Wildman–Crippen MR) is 94.9 cm³/mol. The van der Waals surface area contributed by atoms with Crippen molar-refractivity contribution in [3.63, 3.8) is 0 Å². The highest BCUT2D eigenvalue weighted by Gasteiger charge is 2.34. The molecular formula is C17H24N5O4+. The van der Waals surface area contributed by atoms with E-state index >= 15 is 0 Å². The highest BCUT2D eigenvalue weighted by Crippen LogP contribution is 2.27. The summed E-state index contributed by atoms with van der Waals surface area (Å²) in [4.78, 5) is 29.2. The van der Waals surface area contributed by atoms with Crippen LogP contribution in [0.1, 0.15) is 44.0 Å². The summed E-state index contributed by atoms with van der Waals surface area (Å²) in [5.41, 5.74) is -0.687. The van der Waals surface area contributed by atoms with Crippen LogP contribution in [0.2, 0.25) is 0 Å². The molecular weight excluding hydrogens is 338 g/mol. The molecule has 1 aromatic heterocycles. The number of aromatic nitrogens is 2. The highest BCUT2D eigenvalue weighted by molar-refractivity contribution is 5.98. The van der Waals surface area contributed by atoms with Gasteiger partial charge in [0.1, 0.15) is 17.3 Å². The molecule has 0 aromatic carbocycles. The second kappa shape index (κ2) is 6.64. The molecule has 3 rings (SSSR count). The zero-order valence-electron chi connectivity index (χ0n) is 15.4. The van der Waals surface area contributed by atoms with E-state index in [1.165, 1.54) is 4.57 Å². The molecule has 2 N–H and O–H groups in total. The SMILES string of the molecule is CC[N+]1=C(C)C(CNC(=O)c2nc3n(c(=O)c2O)CCOC3(C)C)C=N1. The van der Waals surface area contributed by atoms with Crippen molar-refractivity contribution in [3.05, 3.63) is 21.9 Å². The third-order valence-corrected chi connectivity index (χ3v) is 4.79. The number of carbonyl (C=O) groups excluding carboxylic acids is 1. The minimum Gasteiger partial charge on any atom is -0.501 e. The predicted octanol–water partition coefficient (Wildman–Crippen LogP) is 0.0529. The van der Waals surface area contributed by atoms with E-state index in [2.05, 4.69) is 15.4 Å². The summed E-state index contributed by atoms with van der Waals surface area (Å²) in [6.07, 6.45) is 1.77. The second-order valence-electron chi connectivity index (χ2n) is 6.89. The van der Waals surface area contributed by atoms with Crippen LogP contribution in [0.5, 0.6) is 5.75 Å². The average Bonchev–Trinajstić information content (AvgIpc) is 2.95. The van der Waals surface area contributed by atoms with E-state index in [9.17, 15) is 14.7 Å². The van der Waals surface area contributed by atoms with Crippen LogP contribution in [0, 0.1) is 5.92 Å². The molecule has 2 aliphatic heterocycles. The number of fused-ring (bicyclic) bond motifs is 1. The Morgan fingerprint density at radius 2 is 2.27 bits per heavy atom. The van der Waals surface area contributed by atoms with Crippen LogP contribution in [0.25, 0.3) is 0 Å². The van der Waals surface area contributed by atoms with Crippen molar-refractivity contribution in [2.24, 2.45) is 11.0 Å². The van der Waals surface area contributed by atoms with Gasteiger partial charge in [-0.1, -0.05) is 4.68 Å². The molecule has 1 unspecified atom stereocenters. The number of aromatic hydroxyl groups is 1. The molecule has 0 spiro atoms. The fraction of sp³-hybridized carbons (Fsp3) is 0.588. The van der Waals surface area contributed by atoms with E-state index in [0.717, 1.165) is 12.3 Å². The zero-order chi connectivity index (χ0) is 19.1. The quantitative estimate of drug-likeness (QED) is 0.736. The number of nitrogens with zero attached hydrogens (tertiary/aromatic N) is 4. The summed E-state index contributed by atoms with van der Waals surface area (Å²) in [6.45, 7) is 9.19. The lowest BCUT2D eigenvalue weighted by atomic mass is 10.1. The minimum absolute atomic E-state index is 0.0282. The third kappa shape index (κ3) is 3.03. The van der Waals surface area contributed by atoms with Crippen LogP contribution in [-0.4, -0.2) is 56.9 Å². The normalized spacial score (nSPS) is 21.0. The van der Waals surface area contributed by atoms with Crippen molar-refractivity contribution >= 4 is 17.8 Å². The second-order valence-corrected chi connectivity index (χ2v) is 6.89. The van der Waals surface area contributed by atoms with Crippen molar-refractivity contribution < 1.29 is 19.3 Å². The largest absolute Gasteiger partial charge is 0.501 e. The molecule has 9 nitrogen and oxygen atoms in total. The number of rotatable bonds is 4. The first-order valence-electron chi connectivity index (χ1n) is 8.67. The lowest BCUT2D eigenvalue weighted by Gasteiger charge is -2.32. The Labute approximate surface area is 151 Å². The van der Waals surface area contributed by atoms with Gasteiger partial charge in [0.2, 0.25) is 5.75 Å². The van der Waals surface area contributed by atoms with Crippen LogP contribution in [0.4, 0.5) is 0 Å². The fourth-order valence-electron chi connectivity index (χ4n) is 3.20. The maximum absolute atomic E-state index is 12.5. The summed E-state index contributed by atoms with van der Waals surface area (Å²) in [7, 11) is 0. The van der Waals surface area contributed by atoms with Crippen molar-refractivity contribution in [3.8, 4) is 5.75 Å². The molecule has 0 bridgehead atoms. The Morgan fingerprint density at radius 1 is 1.54 bits per heavy atom. The Bertz CT molecular complexity index is 869. The summed E-state index contributed by atoms with van der Waals surface area (Å²) in [6, 6.07) is 0. The first-order valence-corrected chi connectivity index (χ1v) is 8.67. The van der Waals surface area contributed by atoms with Gasteiger partial charge in [-0.25, -0.2) is 4.98 Å². The van der Waals surface area contributed by atoms with E-state index in [0.29, 0.717) is 25.5 Å². The number of hydrazone groups is 1. The number of carbonyl (C=O) groups is 1. The highest BCUT2D eigenvalue weighted by atomic mass is 16.5. The van der Waals surface area contributed by atoms with E-state index in [1.807, 2.05) is 18.5 Å². The van der Waals surface area contributed by atoms with Gasteiger partial charge in [-0.15, -0.1) is 0 Å². The molecule has 2 aliphatic rings. The van der Waals surface area contributed by atoms with Crippen molar-refractivity contribution in [1.29, 1.82) is 0 Å². The molecule has 0 radical (unpaired) electrons. The Morgan fingerprint density at radius 3 is 2.92 bits per heavy atom. The first-order chi connectivity index (χ1) is 12.3. The number of hydrogen-bond donors (Lipinski definition) is 2. The maximum Gasteiger partial charge on any atom is 0.296 e. The molecule has 140 valence electrons. The Hall–Kier alpha value is -2.55. The smallest absolute Gasteiger partial charge is 0.296 e. The van der Waals surface area contributed by atoms with Gasteiger partial charge in [0, 0.05) is 13.5 Å². The lowest BCUT2D eigenvalue weighted by Crippen LogP contribution is -2.42. The van der Waals surface area contributed by atoms with Gasteiger partial charge in [-0.2, -0.15) is 0 Å². The number of ether oxygens (including phenoxy) is 1. The van der Waals surface area contributed by atoms with Crippen LogP contribution >= 0.6 is 0 Å². The first kappa shape index (κ1) is 18.2. The standard InChI is InChI=1S/C17H23N5O4/c1-5-22-10(2)11(9-19-22)8-18-14(24)12-13(23)15(25)21-6-7-26-17(3,4)16(21)20-12/h9,11H,5-8H2,1-4H3,(H-,18,23,24)/p+1. The van der Waals surface area contributed by atoms with Crippen LogP contribution in [0.15, 0.2) is 9.90 Å². The van der Waals surface area contributed by atoms with Crippen LogP contribution in [0.3, 0.4) is 0 Å². The van der Waals surface area contributed by atoms with E-state index in [1.54, 1.807) is 20.1 Å². The molecule has 1 aromatic rings. The zero-order valence-corrected chi connectivity index (χ0v) is 15.4. The van der Waals surface area contributed by atoms with Gasteiger partial charge in [0.15, 0.2) is 18.0 Å². The van der Waals surface area contributed by atoms with Crippen molar-refractivity contribution in [1.82, 2.24) is 14.9 Å². The number of nitrogens with one attached hydrogen (secondary N) is 1. The topological polar surface area (TPSA) is 109 Å². The van der Waals surface area contributed by atoms with Crippen LogP contribution < -0.4 is 10.9 Å². The summed E-state index contributed by atoms with van der Waals surface area (Å²) >= 11 is 0. The number of hydrogen-bond acceptors (Lipinski definition) is 6. The van der Waals surface area contributed by atoms with Gasteiger partial charge in [0.05, 0.1) is 19.4 Å². The molecule has 0 aliphatic carbocycles. The molecule has 0 saturated heterocycles. The van der Waals surface area contributed by atoms with Gasteiger partial charge >= 0.3 is 0 Å². The third-order valence-electron chi connectivity index (χ3n) is 4.79. The lowest BCUT2D eigenvalue weighted by molar-refractivity contribution is -0.527. The summed E-state index contributed by atoms with van der Waals surface area (Å²) in [5, 5.41) is 17.2. The minimum atomic E-state index is -0.815. The number of amides is 1. The van der Waals surface area contributed by atoms with E-state index < -0.39 is 22.8 Å². The monoisotopic (exact) mass is 362 g/mol. The maximum atomic E-state index is 12.5. The molecule has 26 heavy (non-hydrogen) atoms. The molecule has 0 fully saturated rings. The summed E-state index contributed by atoms with van der Waals surface area (Å²) in [5.74, 6) is -0.931. The van der Waals surface area contributed by atoms with Gasteiger partial charge in [0.25, 0.3) is 11.5 Å². The molecule has 3 heterocycles. The Balaban J connectivity index is 1.85. The van der Waals surface area contributed by atoms with Crippen molar-refractivity contribution in [2.75, 3.05) is 19.7 Å².